The van der Waals surface area contributed by atoms with Crippen molar-refractivity contribution < 1.29 is 4.74 Å². The zero-order valence-corrected chi connectivity index (χ0v) is 15.0. The van der Waals surface area contributed by atoms with Crippen molar-refractivity contribution in [2.24, 2.45) is 23.5 Å². The van der Waals surface area contributed by atoms with Crippen LogP contribution in [-0.4, -0.2) is 33.8 Å². The van der Waals surface area contributed by atoms with Crippen LogP contribution in [0.5, 0.6) is 5.75 Å². The summed E-state index contributed by atoms with van der Waals surface area (Å²) in [4.78, 5) is 8.79. The number of aryl methyl sites for hydroxylation is 1. The van der Waals surface area contributed by atoms with Crippen LogP contribution in [0.2, 0.25) is 0 Å². The molecule has 25 heavy (non-hydrogen) atoms. The van der Waals surface area contributed by atoms with Crippen LogP contribution < -0.4 is 26.8 Å². The fourth-order valence-electron chi connectivity index (χ4n) is 3.19. The Labute approximate surface area is 147 Å². The Kier molecular flexibility index (Phi) is 4.08. The van der Waals surface area contributed by atoms with E-state index in [9.17, 15) is 0 Å². The van der Waals surface area contributed by atoms with Gasteiger partial charge in [0.1, 0.15) is 17.3 Å². The van der Waals surface area contributed by atoms with Gasteiger partial charge >= 0.3 is 0 Å². The number of anilines is 2. The monoisotopic (exact) mass is 343 g/mol. The fraction of sp³-hybridized carbons (Fsp3) is 0.412. The second-order valence-corrected chi connectivity index (χ2v) is 7.01. The van der Waals surface area contributed by atoms with Gasteiger partial charge in [0, 0.05) is 24.7 Å². The highest BCUT2D eigenvalue weighted by molar-refractivity contribution is 6.02. The molecule has 3 rings (SSSR count). The van der Waals surface area contributed by atoms with Crippen LogP contribution in [0.15, 0.2) is 35.6 Å². The molecule has 0 amide bonds. The number of imidazole rings is 1. The highest BCUT2D eigenvalue weighted by Gasteiger charge is 2.37. The van der Waals surface area contributed by atoms with Crippen LogP contribution in [0.4, 0.5) is 11.5 Å². The van der Waals surface area contributed by atoms with E-state index in [1.165, 1.54) is 0 Å². The van der Waals surface area contributed by atoms with E-state index in [1.54, 1.807) is 13.4 Å². The van der Waals surface area contributed by atoms with Gasteiger partial charge in [0.05, 0.1) is 13.4 Å². The normalized spacial score (nSPS) is 19.6. The average molecular weight is 343 g/mol. The van der Waals surface area contributed by atoms with Gasteiger partial charge in [0.25, 0.3) is 0 Å². The van der Waals surface area contributed by atoms with Gasteiger partial charge in [0.15, 0.2) is 11.6 Å². The number of rotatable bonds is 5. The van der Waals surface area contributed by atoms with Gasteiger partial charge in [-0.2, -0.15) is 0 Å². The SMILES string of the molecule is COc1ccc(NC(C)(C)CC2(N)N=C(N)c3c(ncn3C)N2)cc1. The molecule has 6 N–H and O–H groups in total. The molecule has 1 aliphatic rings. The van der Waals surface area contributed by atoms with Crippen LogP contribution >= 0.6 is 0 Å². The summed E-state index contributed by atoms with van der Waals surface area (Å²) in [6, 6.07) is 7.75. The number of hydrogen-bond acceptors (Lipinski definition) is 7. The third-order valence-corrected chi connectivity index (χ3v) is 4.12. The third kappa shape index (κ3) is 3.53. The van der Waals surface area contributed by atoms with E-state index in [2.05, 4.69) is 34.5 Å². The predicted octanol–water partition coefficient (Wildman–Crippen LogP) is 1.45. The van der Waals surface area contributed by atoms with Gasteiger partial charge in [-0.25, -0.2) is 9.98 Å². The minimum Gasteiger partial charge on any atom is -0.497 e. The van der Waals surface area contributed by atoms with Crippen LogP contribution in [0.25, 0.3) is 0 Å². The Morgan fingerprint density at radius 3 is 2.64 bits per heavy atom. The number of ether oxygens (including phenoxy) is 1. The molecule has 0 bridgehead atoms. The summed E-state index contributed by atoms with van der Waals surface area (Å²) in [6.07, 6.45) is 2.19. The largest absolute Gasteiger partial charge is 0.497 e. The first kappa shape index (κ1) is 17.1. The second kappa shape index (κ2) is 5.96. The van der Waals surface area contributed by atoms with E-state index in [0.29, 0.717) is 18.1 Å². The molecule has 1 atom stereocenters. The molecule has 1 aliphatic heterocycles. The maximum absolute atomic E-state index is 6.47. The van der Waals surface area contributed by atoms with E-state index < -0.39 is 5.79 Å². The first-order valence-corrected chi connectivity index (χ1v) is 8.08. The lowest BCUT2D eigenvalue weighted by Crippen LogP contribution is -2.55. The molecule has 0 spiro atoms. The Hall–Kier alpha value is -2.74. The summed E-state index contributed by atoms with van der Waals surface area (Å²) < 4.78 is 7.01. The van der Waals surface area contributed by atoms with Gasteiger partial charge < -0.3 is 25.7 Å². The van der Waals surface area contributed by atoms with Crippen molar-refractivity contribution in [1.29, 1.82) is 0 Å². The van der Waals surface area contributed by atoms with Gasteiger partial charge in [-0.05, 0) is 38.1 Å². The third-order valence-electron chi connectivity index (χ3n) is 4.12. The van der Waals surface area contributed by atoms with Gasteiger partial charge in [-0.1, -0.05) is 0 Å². The van der Waals surface area contributed by atoms with E-state index in [1.807, 2.05) is 35.9 Å². The molecule has 0 radical (unpaired) electrons. The number of nitrogens with one attached hydrogen (secondary N) is 2. The zero-order valence-electron chi connectivity index (χ0n) is 15.0. The number of benzene rings is 1. The van der Waals surface area contributed by atoms with Crippen molar-refractivity contribution in [2.45, 2.75) is 31.6 Å². The van der Waals surface area contributed by atoms with Crippen LogP contribution in [0.3, 0.4) is 0 Å². The lowest BCUT2D eigenvalue weighted by Gasteiger charge is -2.38. The van der Waals surface area contributed by atoms with Crippen molar-refractivity contribution in [3.8, 4) is 5.75 Å². The van der Waals surface area contributed by atoms with Gasteiger partial charge in [0.2, 0.25) is 0 Å². The number of aromatic nitrogens is 2. The first-order valence-electron chi connectivity index (χ1n) is 8.08. The summed E-state index contributed by atoms with van der Waals surface area (Å²) in [7, 11) is 3.52. The van der Waals surface area contributed by atoms with E-state index in [0.717, 1.165) is 17.1 Å². The molecule has 134 valence electrons. The zero-order chi connectivity index (χ0) is 18.2. The van der Waals surface area contributed by atoms with Crippen molar-refractivity contribution in [2.75, 3.05) is 17.7 Å². The quantitative estimate of drug-likeness (QED) is 0.653. The Balaban J connectivity index is 1.76. The van der Waals surface area contributed by atoms with Crippen molar-refractivity contribution in [3.05, 3.63) is 36.3 Å². The Morgan fingerprint density at radius 2 is 2.00 bits per heavy atom. The summed E-state index contributed by atoms with van der Waals surface area (Å²) in [5.41, 5.74) is 14.0. The molecule has 8 nitrogen and oxygen atoms in total. The van der Waals surface area contributed by atoms with Gasteiger partial charge in [-0.15, -0.1) is 0 Å². The van der Waals surface area contributed by atoms with Crippen LogP contribution in [0.1, 0.15) is 26.0 Å². The highest BCUT2D eigenvalue weighted by atomic mass is 16.5. The molecule has 1 aromatic heterocycles. The molecule has 8 heteroatoms. The molecule has 1 unspecified atom stereocenters. The molecule has 0 aliphatic carbocycles. The molecule has 2 aromatic rings. The molecular formula is C17H25N7O. The van der Waals surface area contributed by atoms with Gasteiger partial charge in [-0.3, -0.25) is 5.73 Å². The topological polar surface area (TPSA) is 116 Å². The number of hydrogen-bond donors (Lipinski definition) is 4. The van der Waals surface area contributed by atoms with Crippen molar-refractivity contribution >= 4 is 17.3 Å². The molecule has 2 heterocycles. The number of nitrogens with two attached hydrogens (primary N) is 2. The predicted molar refractivity (Wildman–Crippen MR) is 99.8 cm³/mol. The minimum absolute atomic E-state index is 0.341. The maximum atomic E-state index is 6.47. The van der Waals surface area contributed by atoms with E-state index in [-0.39, 0.29) is 5.54 Å². The van der Waals surface area contributed by atoms with Crippen LogP contribution in [0, 0.1) is 0 Å². The molecule has 0 saturated carbocycles. The number of nitrogens with zero attached hydrogens (tertiary/aromatic N) is 3. The van der Waals surface area contributed by atoms with E-state index >= 15 is 0 Å². The maximum Gasteiger partial charge on any atom is 0.188 e. The summed E-state index contributed by atoms with van der Waals surface area (Å²) in [5.74, 6) is 0.816. The Morgan fingerprint density at radius 1 is 1.32 bits per heavy atom. The fourth-order valence-corrected chi connectivity index (χ4v) is 3.19. The van der Waals surface area contributed by atoms with E-state index in [4.69, 9.17) is 16.2 Å². The highest BCUT2D eigenvalue weighted by Crippen LogP contribution is 2.30. The number of fused-ring (bicyclic) bond motifs is 1. The smallest absolute Gasteiger partial charge is 0.188 e. The average Bonchev–Trinajstić information content (AvgIpc) is 2.87. The molecule has 0 saturated heterocycles. The Bertz CT molecular complexity index is 794. The molecule has 1 aromatic carbocycles. The summed E-state index contributed by atoms with van der Waals surface area (Å²) in [5, 5.41) is 6.68. The summed E-state index contributed by atoms with van der Waals surface area (Å²) in [6.45, 7) is 4.13. The number of aliphatic imine (C=N–C) groups is 1. The van der Waals surface area contributed by atoms with Crippen molar-refractivity contribution in [1.82, 2.24) is 9.55 Å². The van der Waals surface area contributed by atoms with Crippen molar-refractivity contribution in [3.63, 3.8) is 0 Å². The lowest BCUT2D eigenvalue weighted by atomic mass is 9.94. The minimum atomic E-state index is -1.03. The standard InChI is InChI=1S/C17H25N7O/c1-16(2,21-11-5-7-12(25-4)8-6-11)9-17(19)22-14(18)13-15(23-17)20-10-24(13)3/h5-8,10,21,23H,9,19H2,1-4H3,(H2,18,22). The first-order chi connectivity index (χ1) is 11.7. The second-order valence-electron chi connectivity index (χ2n) is 7.01. The van der Waals surface area contributed by atoms with Crippen LogP contribution in [-0.2, 0) is 7.05 Å². The lowest BCUT2D eigenvalue weighted by molar-refractivity contribution is 0.367. The summed E-state index contributed by atoms with van der Waals surface area (Å²) >= 11 is 0. The molecule has 0 fully saturated rings. The molecular weight excluding hydrogens is 318 g/mol. The number of amidine groups is 1. The number of methoxy groups -OCH3 is 1.